The van der Waals surface area contributed by atoms with Crippen LogP contribution in [0.3, 0.4) is 0 Å². The molecule has 0 aliphatic heterocycles. The fourth-order valence-corrected chi connectivity index (χ4v) is 4.20. The standard InChI is InChI=1S/C22H23N5O2S/c1-13-11-14(2)24-21(18(13)12-23)30-16(4)20(28)25-19-15(3)26(5)27(22(19)29)17-9-7-6-8-10-17/h6-11,16H,1-5H3,(H,25,28). The second kappa shape index (κ2) is 8.59. The van der Waals surface area contributed by atoms with E-state index in [1.165, 1.54) is 16.4 Å². The van der Waals surface area contributed by atoms with Gasteiger partial charge >= 0.3 is 0 Å². The van der Waals surface area contributed by atoms with Crippen molar-refractivity contribution < 1.29 is 4.79 Å². The quantitative estimate of drug-likeness (QED) is 0.637. The van der Waals surface area contributed by atoms with Gasteiger partial charge < -0.3 is 5.32 Å². The molecule has 0 saturated carbocycles. The number of rotatable bonds is 5. The molecule has 3 rings (SSSR count). The molecule has 1 unspecified atom stereocenters. The third-order valence-corrected chi connectivity index (χ3v) is 5.97. The lowest BCUT2D eigenvalue weighted by Gasteiger charge is -2.13. The molecule has 1 aromatic carbocycles. The second-order valence-corrected chi connectivity index (χ2v) is 8.39. The molecule has 0 aliphatic rings. The summed E-state index contributed by atoms with van der Waals surface area (Å²) in [5.74, 6) is -0.323. The van der Waals surface area contributed by atoms with Crippen LogP contribution >= 0.6 is 11.8 Å². The molecule has 0 spiro atoms. The van der Waals surface area contributed by atoms with E-state index in [-0.39, 0.29) is 17.2 Å². The summed E-state index contributed by atoms with van der Waals surface area (Å²) in [6, 6.07) is 13.2. The number of thioether (sulfide) groups is 1. The summed E-state index contributed by atoms with van der Waals surface area (Å²) < 4.78 is 3.23. The summed E-state index contributed by atoms with van der Waals surface area (Å²) in [6.07, 6.45) is 0. The smallest absolute Gasteiger partial charge is 0.295 e. The van der Waals surface area contributed by atoms with E-state index in [1.807, 2.05) is 50.2 Å². The zero-order valence-electron chi connectivity index (χ0n) is 17.6. The maximum atomic E-state index is 13.0. The molecular formula is C22H23N5O2S. The number of benzene rings is 1. The number of nitrogens with zero attached hydrogens (tertiary/aromatic N) is 4. The summed E-state index contributed by atoms with van der Waals surface area (Å²) in [5.41, 5.74) is 3.39. The summed E-state index contributed by atoms with van der Waals surface area (Å²) in [5, 5.41) is 12.2. The molecule has 0 saturated heterocycles. The Morgan fingerprint density at radius 2 is 1.90 bits per heavy atom. The number of aromatic nitrogens is 3. The molecule has 7 nitrogen and oxygen atoms in total. The molecule has 154 valence electrons. The fraction of sp³-hybridized carbons (Fsp3) is 0.273. The van der Waals surface area contributed by atoms with E-state index in [4.69, 9.17) is 0 Å². The largest absolute Gasteiger partial charge is 0.319 e. The van der Waals surface area contributed by atoms with E-state index < -0.39 is 5.25 Å². The van der Waals surface area contributed by atoms with Gasteiger partial charge in [-0.2, -0.15) is 5.26 Å². The van der Waals surface area contributed by atoms with Gasteiger partial charge in [-0.25, -0.2) is 9.67 Å². The number of carbonyl (C=O) groups excluding carboxylic acids is 1. The number of pyridine rings is 1. The van der Waals surface area contributed by atoms with Crippen LogP contribution < -0.4 is 10.9 Å². The van der Waals surface area contributed by atoms with E-state index in [2.05, 4.69) is 16.4 Å². The molecule has 1 atom stereocenters. The first-order valence-corrected chi connectivity index (χ1v) is 10.3. The molecule has 0 bridgehead atoms. The van der Waals surface area contributed by atoms with Crippen molar-refractivity contribution in [3.8, 4) is 11.8 Å². The van der Waals surface area contributed by atoms with Crippen LogP contribution in [-0.4, -0.2) is 25.5 Å². The van der Waals surface area contributed by atoms with Crippen LogP contribution in [0.2, 0.25) is 0 Å². The van der Waals surface area contributed by atoms with Crippen molar-refractivity contribution in [2.45, 2.75) is 38.0 Å². The highest BCUT2D eigenvalue weighted by atomic mass is 32.2. The molecule has 1 N–H and O–H groups in total. The third-order valence-electron chi connectivity index (χ3n) is 4.88. The lowest BCUT2D eigenvalue weighted by molar-refractivity contribution is -0.115. The van der Waals surface area contributed by atoms with Crippen molar-refractivity contribution in [1.29, 1.82) is 5.26 Å². The number of anilines is 1. The summed E-state index contributed by atoms with van der Waals surface area (Å²) >= 11 is 1.21. The van der Waals surface area contributed by atoms with Gasteiger partial charge in [0, 0.05) is 12.7 Å². The first-order chi connectivity index (χ1) is 14.2. The Morgan fingerprint density at radius 1 is 1.23 bits per heavy atom. The number of hydrogen-bond acceptors (Lipinski definition) is 5. The Bertz CT molecular complexity index is 1200. The lowest BCUT2D eigenvalue weighted by atomic mass is 10.1. The Kier molecular flexibility index (Phi) is 6.13. The van der Waals surface area contributed by atoms with Crippen LogP contribution in [0.1, 0.15) is 29.4 Å². The van der Waals surface area contributed by atoms with Crippen LogP contribution in [0.15, 0.2) is 46.2 Å². The molecule has 2 heterocycles. The molecule has 0 radical (unpaired) electrons. The van der Waals surface area contributed by atoms with Crippen LogP contribution in [0.25, 0.3) is 5.69 Å². The monoisotopic (exact) mass is 421 g/mol. The predicted molar refractivity (Wildman–Crippen MR) is 118 cm³/mol. The highest BCUT2D eigenvalue weighted by Gasteiger charge is 2.23. The highest BCUT2D eigenvalue weighted by molar-refractivity contribution is 8.00. The van der Waals surface area contributed by atoms with Crippen molar-refractivity contribution in [2.75, 3.05) is 5.32 Å². The van der Waals surface area contributed by atoms with Gasteiger partial charge in [-0.1, -0.05) is 30.0 Å². The topological polar surface area (TPSA) is 92.7 Å². The molecule has 1 amide bonds. The van der Waals surface area contributed by atoms with Crippen LogP contribution in [0, 0.1) is 32.1 Å². The molecule has 8 heteroatoms. The Morgan fingerprint density at radius 3 is 2.53 bits per heavy atom. The first-order valence-electron chi connectivity index (χ1n) is 9.44. The molecule has 0 aliphatic carbocycles. The van der Waals surface area contributed by atoms with Gasteiger partial charge in [0.05, 0.1) is 22.2 Å². The minimum atomic E-state index is -0.546. The van der Waals surface area contributed by atoms with E-state index in [0.717, 1.165) is 11.3 Å². The first kappa shape index (κ1) is 21.4. The average Bonchev–Trinajstić information content (AvgIpc) is 2.91. The van der Waals surface area contributed by atoms with Crippen LogP contribution in [0.5, 0.6) is 0 Å². The van der Waals surface area contributed by atoms with Crippen LogP contribution in [-0.2, 0) is 11.8 Å². The van der Waals surface area contributed by atoms with Gasteiger partial charge in [0.1, 0.15) is 16.8 Å². The van der Waals surface area contributed by atoms with Gasteiger partial charge in [-0.05, 0) is 51.5 Å². The molecule has 2 aromatic heterocycles. The number of aryl methyl sites for hydroxylation is 2. The Hall–Kier alpha value is -3.31. The zero-order valence-corrected chi connectivity index (χ0v) is 18.4. The molecule has 0 fully saturated rings. The van der Waals surface area contributed by atoms with Gasteiger partial charge in [-0.15, -0.1) is 0 Å². The van der Waals surface area contributed by atoms with Crippen molar-refractivity contribution in [1.82, 2.24) is 14.3 Å². The molecular weight excluding hydrogens is 398 g/mol. The summed E-state index contributed by atoms with van der Waals surface area (Å²) in [7, 11) is 1.77. The van der Waals surface area contributed by atoms with Crippen molar-refractivity contribution >= 4 is 23.4 Å². The van der Waals surface area contributed by atoms with Crippen molar-refractivity contribution in [2.24, 2.45) is 7.05 Å². The zero-order chi connectivity index (χ0) is 22.0. The SMILES string of the molecule is Cc1cc(C)c(C#N)c(SC(C)C(=O)Nc2c(C)n(C)n(-c3ccccc3)c2=O)n1. The number of carbonyl (C=O) groups is 1. The van der Waals surface area contributed by atoms with E-state index >= 15 is 0 Å². The maximum Gasteiger partial charge on any atom is 0.295 e. The Labute approximate surface area is 179 Å². The number of nitrogens with one attached hydrogen (secondary N) is 1. The molecule has 30 heavy (non-hydrogen) atoms. The normalized spacial score (nSPS) is 11.7. The van der Waals surface area contributed by atoms with E-state index in [1.54, 1.807) is 25.6 Å². The van der Waals surface area contributed by atoms with Gasteiger partial charge in [0.15, 0.2) is 0 Å². The van der Waals surface area contributed by atoms with Gasteiger partial charge in [0.2, 0.25) is 5.91 Å². The minimum Gasteiger partial charge on any atom is -0.319 e. The summed E-state index contributed by atoms with van der Waals surface area (Å²) in [6.45, 7) is 7.21. The number of hydrogen-bond donors (Lipinski definition) is 1. The van der Waals surface area contributed by atoms with Crippen LogP contribution in [0.4, 0.5) is 5.69 Å². The van der Waals surface area contributed by atoms with E-state index in [0.29, 0.717) is 22.0 Å². The number of amides is 1. The van der Waals surface area contributed by atoms with E-state index in [9.17, 15) is 14.9 Å². The highest BCUT2D eigenvalue weighted by Crippen LogP contribution is 2.28. The van der Waals surface area contributed by atoms with Gasteiger partial charge in [-0.3, -0.25) is 14.3 Å². The molecule has 3 aromatic rings. The summed E-state index contributed by atoms with van der Waals surface area (Å²) in [4.78, 5) is 30.2. The average molecular weight is 422 g/mol. The van der Waals surface area contributed by atoms with Crippen molar-refractivity contribution in [3.05, 3.63) is 69.3 Å². The van der Waals surface area contributed by atoms with Crippen molar-refractivity contribution in [3.63, 3.8) is 0 Å². The fourth-order valence-electron chi connectivity index (χ4n) is 3.18. The second-order valence-electron chi connectivity index (χ2n) is 7.06. The minimum absolute atomic E-state index is 0.243. The van der Waals surface area contributed by atoms with Gasteiger partial charge in [0.25, 0.3) is 5.56 Å². The lowest BCUT2D eigenvalue weighted by Crippen LogP contribution is -2.27. The number of para-hydroxylation sites is 1. The predicted octanol–water partition coefficient (Wildman–Crippen LogP) is 3.49. The third kappa shape index (κ3) is 4.02. The maximum absolute atomic E-state index is 13.0. The number of nitriles is 1. The Balaban J connectivity index is 1.87.